The fourth-order valence-corrected chi connectivity index (χ4v) is 6.87. The van der Waals surface area contributed by atoms with Crippen molar-refractivity contribution in [1.82, 2.24) is 8.87 Å². The van der Waals surface area contributed by atoms with Crippen LogP contribution in [0.2, 0.25) is 0 Å². The van der Waals surface area contributed by atoms with Crippen molar-refractivity contribution in [3.05, 3.63) is 58.4 Å². The Morgan fingerprint density at radius 3 is 2.50 bits per heavy atom. The highest BCUT2D eigenvalue weighted by Gasteiger charge is 2.28. The number of amides is 1. The summed E-state index contributed by atoms with van der Waals surface area (Å²) in [5, 5.41) is 0. The molecule has 1 fully saturated rings. The second-order valence-corrected chi connectivity index (χ2v) is 11.3. The molecule has 1 atom stereocenters. The Labute approximate surface area is 202 Å². The van der Waals surface area contributed by atoms with Crippen LogP contribution in [0.4, 0.5) is 0 Å². The molecule has 0 saturated carbocycles. The van der Waals surface area contributed by atoms with Gasteiger partial charge in [-0.2, -0.15) is 9.30 Å². The van der Waals surface area contributed by atoms with Gasteiger partial charge >= 0.3 is 5.97 Å². The number of fused-ring (bicyclic) bond motifs is 1. The second kappa shape index (κ2) is 9.81. The van der Waals surface area contributed by atoms with Crippen LogP contribution in [0.1, 0.15) is 47.4 Å². The van der Waals surface area contributed by atoms with E-state index < -0.39 is 21.9 Å². The molecule has 1 aliphatic rings. The van der Waals surface area contributed by atoms with E-state index in [0.29, 0.717) is 41.5 Å². The van der Waals surface area contributed by atoms with Crippen LogP contribution in [0.25, 0.3) is 10.2 Å². The number of esters is 1. The minimum atomic E-state index is -3.59. The van der Waals surface area contributed by atoms with Crippen molar-refractivity contribution in [3.8, 4) is 0 Å². The maximum absolute atomic E-state index is 13.0. The van der Waals surface area contributed by atoms with Crippen LogP contribution in [-0.2, 0) is 21.3 Å². The Morgan fingerprint density at radius 2 is 1.85 bits per heavy atom. The lowest BCUT2D eigenvalue weighted by Gasteiger charge is -2.30. The predicted octanol–water partition coefficient (Wildman–Crippen LogP) is 3.67. The first-order valence-electron chi connectivity index (χ1n) is 11.2. The second-order valence-electron chi connectivity index (χ2n) is 8.35. The minimum absolute atomic E-state index is 0.180. The van der Waals surface area contributed by atoms with Gasteiger partial charge in [-0.05, 0) is 68.1 Å². The molecule has 10 heteroatoms. The van der Waals surface area contributed by atoms with Gasteiger partial charge in [0, 0.05) is 25.2 Å². The lowest BCUT2D eigenvalue weighted by atomic mass is 10.0. The van der Waals surface area contributed by atoms with Gasteiger partial charge in [-0.25, -0.2) is 13.2 Å². The summed E-state index contributed by atoms with van der Waals surface area (Å²) in [5.74, 6) is -0.557. The largest absolute Gasteiger partial charge is 0.465 e. The Bertz CT molecular complexity index is 1400. The lowest BCUT2D eigenvalue weighted by Crippen LogP contribution is -2.39. The molecule has 1 amide bonds. The molecule has 1 saturated heterocycles. The van der Waals surface area contributed by atoms with Crippen LogP contribution < -0.4 is 4.80 Å². The number of sulfonamides is 1. The topological polar surface area (TPSA) is 98.0 Å². The number of hydrogen-bond acceptors (Lipinski definition) is 6. The number of carbonyl (C=O) groups is 2. The highest BCUT2D eigenvalue weighted by molar-refractivity contribution is 7.89. The molecule has 0 spiro atoms. The molecule has 3 aromatic rings. The molecule has 4 rings (SSSR count). The van der Waals surface area contributed by atoms with Crippen molar-refractivity contribution < 1.29 is 22.7 Å². The molecule has 0 unspecified atom stereocenters. The Morgan fingerprint density at radius 1 is 1.15 bits per heavy atom. The number of benzene rings is 2. The van der Waals surface area contributed by atoms with Crippen molar-refractivity contribution in [2.75, 3.05) is 20.2 Å². The Hall–Kier alpha value is -2.82. The molecule has 1 aliphatic heterocycles. The fourth-order valence-electron chi connectivity index (χ4n) is 4.14. The van der Waals surface area contributed by atoms with Gasteiger partial charge in [0.25, 0.3) is 5.91 Å². The summed E-state index contributed by atoms with van der Waals surface area (Å²) in [5.41, 5.74) is 1.60. The van der Waals surface area contributed by atoms with Crippen LogP contribution >= 0.6 is 11.3 Å². The number of piperidine rings is 1. The molecule has 0 bridgehead atoms. The number of aromatic nitrogens is 1. The molecule has 180 valence electrons. The van der Waals surface area contributed by atoms with Gasteiger partial charge in [0.1, 0.15) is 0 Å². The molecular formula is C24H27N3O5S2. The van der Waals surface area contributed by atoms with E-state index in [2.05, 4.69) is 11.9 Å². The molecule has 2 heterocycles. The van der Waals surface area contributed by atoms with Gasteiger partial charge < -0.3 is 9.30 Å². The molecule has 1 aromatic heterocycles. The number of nitrogens with zero attached hydrogens (tertiary/aromatic N) is 3. The number of methoxy groups -OCH3 is 1. The normalized spacial score (nSPS) is 17.7. The van der Waals surface area contributed by atoms with Crippen LogP contribution in [0.5, 0.6) is 0 Å². The third-order valence-corrected chi connectivity index (χ3v) is 8.90. The van der Waals surface area contributed by atoms with E-state index in [9.17, 15) is 18.0 Å². The first-order chi connectivity index (χ1) is 16.2. The number of thiazole rings is 1. The van der Waals surface area contributed by atoms with E-state index in [0.717, 1.165) is 23.1 Å². The maximum atomic E-state index is 13.0. The van der Waals surface area contributed by atoms with Crippen LogP contribution in [0.15, 0.2) is 52.4 Å². The van der Waals surface area contributed by atoms with E-state index in [1.54, 1.807) is 12.1 Å². The first-order valence-corrected chi connectivity index (χ1v) is 13.4. The van der Waals surface area contributed by atoms with Crippen LogP contribution in [0, 0.1) is 5.92 Å². The summed E-state index contributed by atoms with van der Waals surface area (Å²) in [6, 6.07) is 11.2. The summed E-state index contributed by atoms with van der Waals surface area (Å²) in [4.78, 5) is 29.7. The van der Waals surface area contributed by atoms with Crippen molar-refractivity contribution in [2.45, 2.75) is 38.1 Å². The van der Waals surface area contributed by atoms with E-state index in [1.807, 2.05) is 17.6 Å². The number of rotatable bonds is 5. The van der Waals surface area contributed by atoms with Gasteiger partial charge in [-0.1, -0.05) is 18.3 Å². The zero-order valence-corrected chi connectivity index (χ0v) is 21.0. The molecule has 34 heavy (non-hydrogen) atoms. The summed E-state index contributed by atoms with van der Waals surface area (Å²) in [7, 11) is -2.26. The zero-order valence-electron chi connectivity index (χ0n) is 19.4. The Kier molecular flexibility index (Phi) is 7.01. The van der Waals surface area contributed by atoms with E-state index in [-0.39, 0.29) is 4.90 Å². The SMILES string of the molecule is CCn1c(=NC(=O)c2ccc(S(=O)(=O)N3CCC[C@@H](C)C3)cc2)sc2cc(C(=O)OC)ccc21. The van der Waals surface area contributed by atoms with Gasteiger partial charge in [0.2, 0.25) is 10.0 Å². The molecule has 8 nitrogen and oxygen atoms in total. The smallest absolute Gasteiger partial charge is 0.337 e. The minimum Gasteiger partial charge on any atom is -0.465 e. The summed E-state index contributed by atoms with van der Waals surface area (Å²) >= 11 is 1.31. The third-order valence-electron chi connectivity index (χ3n) is 5.98. The van der Waals surface area contributed by atoms with E-state index in [1.165, 1.54) is 47.0 Å². The standard InChI is InChI=1S/C24H27N3O5S2/c1-4-27-20-12-9-18(23(29)32-3)14-21(20)33-24(27)25-22(28)17-7-10-19(11-8-17)34(30,31)26-13-5-6-16(2)15-26/h7-12,14,16H,4-6,13,15H2,1-3H3/t16-/m1/s1. The fraction of sp³-hybridized carbons (Fsp3) is 0.375. The molecule has 0 N–H and O–H groups in total. The molecule has 2 aromatic carbocycles. The first kappa shape index (κ1) is 24.3. The number of aryl methyl sites for hydroxylation is 1. The monoisotopic (exact) mass is 501 g/mol. The highest BCUT2D eigenvalue weighted by Crippen LogP contribution is 2.24. The van der Waals surface area contributed by atoms with Crippen molar-refractivity contribution >= 4 is 43.5 Å². The average molecular weight is 502 g/mol. The number of carbonyl (C=O) groups excluding carboxylic acids is 2. The van der Waals surface area contributed by atoms with E-state index >= 15 is 0 Å². The van der Waals surface area contributed by atoms with Gasteiger partial charge in [-0.3, -0.25) is 4.79 Å². The highest BCUT2D eigenvalue weighted by atomic mass is 32.2. The van der Waals surface area contributed by atoms with Crippen molar-refractivity contribution in [3.63, 3.8) is 0 Å². The zero-order chi connectivity index (χ0) is 24.5. The number of hydrogen-bond donors (Lipinski definition) is 0. The molecule has 0 aliphatic carbocycles. The van der Waals surface area contributed by atoms with Gasteiger partial charge in [-0.15, -0.1) is 0 Å². The summed E-state index contributed by atoms with van der Waals surface area (Å²) in [6.07, 6.45) is 1.88. The summed E-state index contributed by atoms with van der Waals surface area (Å²) in [6.45, 7) is 5.63. The summed E-state index contributed by atoms with van der Waals surface area (Å²) < 4.78 is 35.0. The quantitative estimate of drug-likeness (QED) is 0.497. The number of ether oxygens (including phenoxy) is 1. The predicted molar refractivity (Wildman–Crippen MR) is 130 cm³/mol. The average Bonchev–Trinajstić information content (AvgIpc) is 3.19. The molecular weight excluding hydrogens is 474 g/mol. The van der Waals surface area contributed by atoms with Gasteiger partial charge in [0.05, 0.1) is 27.8 Å². The van der Waals surface area contributed by atoms with Crippen LogP contribution in [-0.4, -0.2) is 49.4 Å². The lowest BCUT2D eigenvalue weighted by molar-refractivity contribution is 0.0600. The maximum Gasteiger partial charge on any atom is 0.337 e. The van der Waals surface area contributed by atoms with Crippen molar-refractivity contribution in [2.24, 2.45) is 10.9 Å². The third kappa shape index (κ3) is 4.70. The van der Waals surface area contributed by atoms with Crippen LogP contribution in [0.3, 0.4) is 0 Å². The van der Waals surface area contributed by atoms with Gasteiger partial charge in [0.15, 0.2) is 4.80 Å². The van der Waals surface area contributed by atoms with Crippen molar-refractivity contribution in [1.29, 1.82) is 0 Å². The molecule has 0 radical (unpaired) electrons. The Balaban J connectivity index is 1.63. The van der Waals surface area contributed by atoms with E-state index in [4.69, 9.17) is 4.74 Å².